The monoisotopic (exact) mass is 370 g/mol. The van der Waals surface area contributed by atoms with Crippen LogP contribution in [0.4, 0.5) is 5.00 Å². The number of nitrogens with one attached hydrogen (secondary N) is 1. The minimum atomic E-state index is -0.484. The van der Waals surface area contributed by atoms with Crippen LogP contribution >= 0.6 is 11.3 Å². The topological polar surface area (TPSA) is 81.4 Å². The number of aryl methyl sites for hydroxylation is 1. The second kappa shape index (κ2) is 7.74. The number of thiophene rings is 1. The average molecular weight is 370 g/mol. The predicted octanol–water partition coefficient (Wildman–Crippen LogP) is 3.77. The van der Waals surface area contributed by atoms with Crippen molar-refractivity contribution >= 4 is 34.2 Å². The fourth-order valence-corrected chi connectivity index (χ4v) is 4.34. The number of fused-ring (bicyclic) bond motifs is 1. The predicted molar refractivity (Wildman–Crippen MR) is 105 cm³/mol. The average Bonchev–Trinajstić information content (AvgIpc) is 3.12. The molecule has 2 aromatic rings. The highest BCUT2D eigenvalue weighted by atomic mass is 32.1. The zero-order valence-electron chi connectivity index (χ0n) is 14.9. The van der Waals surface area contributed by atoms with Crippen molar-refractivity contribution in [2.24, 2.45) is 5.73 Å². The standard InChI is InChI=1S/C20H22N2O3S/c1-12(2)25-14-6-3-5-13(11-14)9-10-17(23)22-20-18(19(21)24)15-7-4-8-16(15)26-20/h3,5-6,9-12H,4,7-8H2,1-2H3,(H2,21,24)(H,22,23)/b10-9+. The molecule has 1 heterocycles. The minimum Gasteiger partial charge on any atom is -0.491 e. The number of primary amides is 1. The molecule has 5 nitrogen and oxygen atoms in total. The molecule has 3 rings (SSSR count). The molecular weight excluding hydrogens is 348 g/mol. The second-order valence-electron chi connectivity index (χ2n) is 6.49. The Bertz CT molecular complexity index is 868. The van der Waals surface area contributed by atoms with E-state index in [1.54, 1.807) is 6.08 Å². The Balaban J connectivity index is 1.72. The van der Waals surface area contributed by atoms with E-state index in [1.807, 2.05) is 38.1 Å². The highest BCUT2D eigenvalue weighted by Gasteiger charge is 2.25. The number of carbonyl (C=O) groups excluding carboxylic acids is 2. The molecule has 1 aliphatic rings. The third kappa shape index (κ3) is 4.14. The van der Waals surface area contributed by atoms with Crippen LogP contribution < -0.4 is 15.8 Å². The van der Waals surface area contributed by atoms with E-state index in [9.17, 15) is 9.59 Å². The summed E-state index contributed by atoms with van der Waals surface area (Å²) >= 11 is 1.45. The molecule has 136 valence electrons. The number of rotatable bonds is 6. The smallest absolute Gasteiger partial charge is 0.251 e. The summed E-state index contributed by atoms with van der Waals surface area (Å²) in [7, 11) is 0. The number of ether oxygens (including phenoxy) is 1. The van der Waals surface area contributed by atoms with Gasteiger partial charge < -0.3 is 15.8 Å². The Labute approximate surface area is 156 Å². The largest absolute Gasteiger partial charge is 0.491 e. The Hall–Kier alpha value is -2.60. The fourth-order valence-electron chi connectivity index (χ4n) is 3.04. The van der Waals surface area contributed by atoms with Crippen molar-refractivity contribution in [1.82, 2.24) is 0 Å². The lowest BCUT2D eigenvalue weighted by Crippen LogP contribution is -2.16. The summed E-state index contributed by atoms with van der Waals surface area (Å²) < 4.78 is 5.65. The normalized spacial score (nSPS) is 13.2. The van der Waals surface area contributed by atoms with Crippen molar-refractivity contribution in [2.45, 2.75) is 39.2 Å². The molecule has 1 aromatic carbocycles. The maximum Gasteiger partial charge on any atom is 0.251 e. The van der Waals surface area contributed by atoms with Crippen LogP contribution in [0.1, 0.15) is 46.6 Å². The van der Waals surface area contributed by atoms with Crippen molar-refractivity contribution in [3.8, 4) is 5.75 Å². The molecule has 0 aliphatic heterocycles. The van der Waals surface area contributed by atoms with E-state index in [4.69, 9.17) is 10.5 Å². The summed E-state index contributed by atoms with van der Waals surface area (Å²) in [6.07, 6.45) is 6.07. The molecule has 0 fully saturated rings. The molecule has 2 amide bonds. The molecule has 6 heteroatoms. The second-order valence-corrected chi connectivity index (χ2v) is 7.59. The van der Waals surface area contributed by atoms with Gasteiger partial charge in [0.15, 0.2) is 0 Å². The van der Waals surface area contributed by atoms with Gasteiger partial charge in [-0.1, -0.05) is 12.1 Å². The third-order valence-corrected chi connectivity index (χ3v) is 5.27. The van der Waals surface area contributed by atoms with Crippen LogP contribution in [0, 0.1) is 0 Å². The lowest BCUT2D eigenvalue weighted by molar-refractivity contribution is -0.111. The van der Waals surface area contributed by atoms with Crippen LogP contribution in [0.25, 0.3) is 6.08 Å². The number of nitrogens with two attached hydrogens (primary N) is 1. The summed E-state index contributed by atoms with van der Waals surface area (Å²) in [4.78, 5) is 25.2. The summed E-state index contributed by atoms with van der Waals surface area (Å²) in [5.41, 5.74) is 7.85. The van der Waals surface area contributed by atoms with Crippen molar-refractivity contribution < 1.29 is 14.3 Å². The summed E-state index contributed by atoms with van der Waals surface area (Å²) in [6.45, 7) is 3.93. The number of amides is 2. The van der Waals surface area contributed by atoms with Crippen LogP contribution in [0.3, 0.4) is 0 Å². The van der Waals surface area contributed by atoms with Crippen LogP contribution in [0.5, 0.6) is 5.75 Å². The number of benzene rings is 1. The van der Waals surface area contributed by atoms with E-state index in [1.165, 1.54) is 17.4 Å². The van der Waals surface area contributed by atoms with Gasteiger partial charge in [-0.25, -0.2) is 0 Å². The van der Waals surface area contributed by atoms with Gasteiger partial charge in [0.25, 0.3) is 5.91 Å². The molecular formula is C20H22N2O3S. The number of anilines is 1. The Morgan fingerprint density at radius 2 is 2.12 bits per heavy atom. The Kier molecular flexibility index (Phi) is 5.42. The first-order valence-corrected chi connectivity index (χ1v) is 9.46. The first-order valence-electron chi connectivity index (χ1n) is 8.64. The zero-order valence-corrected chi connectivity index (χ0v) is 15.7. The summed E-state index contributed by atoms with van der Waals surface area (Å²) in [5, 5.41) is 3.35. The quantitative estimate of drug-likeness (QED) is 0.760. The SMILES string of the molecule is CC(C)Oc1cccc(/C=C/C(=O)Nc2sc3c(c2C(N)=O)CCC3)c1. The molecule has 3 N–H and O–H groups in total. The molecule has 0 spiro atoms. The lowest BCUT2D eigenvalue weighted by Gasteiger charge is -2.09. The number of hydrogen-bond acceptors (Lipinski definition) is 4. The van der Waals surface area contributed by atoms with Crippen LogP contribution in [-0.4, -0.2) is 17.9 Å². The molecule has 0 saturated carbocycles. The van der Waals surface area contributed by atoms with E-state index >= 15 is 0 Å². The number of carbonyl (C=O) groups is 2. The first kappa shape index (κ1) is 18.2. The third-order valence-electron chi connectivity index (χ3n) is 4.06. The summed E-state index contributed by atoms with van der Waals surface area (Å²) in [6, 6.07) is 7.53. The maximum absolute atomic E-state index is 12.3. The first-order chi connectivity index (χ1) is 12.4. The van der Waals surface area contributed by atoms with Gasteiger partial charge in [-0.05, 0) is 62.4 Å². The van der Waals surface area contributed by atoms with Crippen molar-refractivity contribution in [2.75, 3.05) is 5.32 Å². The summed E-state index contributed by atoms with van der Waals surface area (Å²) in [5.74, 6) is -0.0157. The van der Waals surface area contributed by atoms with E-state index in [0.717, 1.165) is 41.0 Å². The molecule has 0 radical (unpaired) electrons. The molecule has 0 saturated heterocycles. The van der Waals surface area contributed by atoms with Gasteiger partial charge in [0.05, 0.1) is 11.7 Å². The molecule has 0 bridgehead atoms. The van der Waals surface area contributed by atoms with Gasteiger partial charge in [-0.2, -0.15) is 0 Å². The van der Waals surface area contributed by atoms with Gasteiger partial charge in [0.1, 0.15) is 10.8 Å². The fraction of sp³-hybridized carbons (Fsp3) is 0.300. The van der Waals surface area contributed by atoms with Crippen molar-refractivity contribution in [1.29, 1.82) is 0 Å². The van der Waals surface area contributed by atoms with Crippen LogP contribution in [0.15, 0.2) is 30.3 Å². The highest BCUT2D eigenvalue weighted by molar-refractivity contribution is 7.17. The van der Waals surface area contributed by atoms with Gasteiger partial charge in [0, 0.05) is 11.0 Å². The Morgan fingerprint density at radius 3 is 2.85 bits per heavy atom. The zero-order chi connectivity index (χ0) is 18.7. The number of hydrogen-bond donors (Lipinski definition) is 2. The molecule has 1 aromatic heterocycles. The highest BCUT2D eigenvalue weighted by Crippen LogP contribution is 2.38. The van der Waals surface area contributed by atoms with E-state index in [-0.39, 0.29) is 12.0 Å². The van der Waals surface area contributed by atoms with E-state index in [0.29, 0.717) is 10.6 Å². The van der Waals surface area contributed by atoms with Crippen LogP contribution in [-0.2, 0) is 17.6 Å². The van der Waals surface area contributed by atoms with Gasteiger partial charge >= 0.3 is 0 Å². The van der Waals surface area contributed by atoms with Crippen molar-refractivity contribution in [3.05, 3.63) is 51.9 Å². The van der Waals surface area contributed by atoms with Gasteiger partial charge in [-0.15, -0.1) is 11.3 Å². The lowest BCUT2D eigenvalue weighted by atomic mass is 10.1. The molecule has 0 unspecified atom stereocenters. The maximum atomic E-state index is 12.3. The Morgan fingerprint density at radius 1 is 1.31 bits per heavy atom. The van der Waals surface area contributed by atoms with E-state index < -0.39 is 5.91 Å². The molecule has 26 heavy (non-hydrogen) atoms. The molecule has 1 aliphatic carbocycles. The van der Waals surface area contributed by atoms with E-state index in [2.05, 4.69) is 5.32 Å². The minimum absolute atomic E-state index is 0.0885. The van der Waals surface area contributed by atoms with Crippen molar-refractivity contribution in [3.63, 3.8) is 0 Å². The van der Waals surface area contributed by atoms with Crippen LogP contribution in [0.2, 0.25) is 0 Å². The molecule has 0 atom stereocenters. The van der Waals surface area contributed by atoms with Gasteiger partial charge in [0.2, 0.25) is 5.91 Å². The van der Waals surface area contributed by atoms with Gasteiger partial charge in [-0.3, -0.25) is 9.59 Å².